The number of carbonyl (C=O) groups excluding carboxylic acids is 1. The first-order valence-corrected chi connectivity index (χ1v) is 11.7. The number of aliphatic hydroxyl groups excluding tert-OH is 1. The third kappa shape index (κ3) is 3.11. The first kappa shape index (κ1) is 20.3. The second-order valence-corrected chi connectivity index (χ2v) is 10.4. The van der Waals surface area contributed by atoms with Crippen molar-refractivity contribution < 1.29 is 23.4 Å². The van der Waals surface area contributed by atoms with E-state index in [1.54, 1.807) is 13.0 Å². The molecule has 1 fully saturated rings. The molecule has 3 aliphatic rings. The average Bonchev–Trinajstić information content (AvgIpc) is 3.20. The number of carbonyl (C=O) groups is 1. The van der Waals surface area contributed by atoms with E-state index in [2.05, 4.69) is 10.3 Å². The maximum Gasteiger partial charge on any atom is 0.276 e. The lowest BCUT2D eigenvalue weighted by Crippen LogP contribution is -2.42. The molecule has 2 atom stereocenters. The van der Waals surface area contributed by atoms with Crippen molar-refractivity contribution in [2.24, 2.45) is 4.99 Å². The average molecular weight is 442 g/mol. The summed E-state index contributed by atoms with van der Waals surface area (Å²) in [6, 6.07) is 11.0. The fourth-order valence-electron chi connectivity index (χ4n) is 4.64. The Morgan fingerprint density at radius 3 is 2.58 bits per heavy atom. The van der Waals surface area contributed by atoms with Crippen LogP contribution in [0.3, 0.4) is 0 Å². The molecule has 3 heterocycles. The lowest BCUT2D eigenvalue weighted by molar-refractivity contribution is -0.113. The number of rotatable bonds is 3. The summed E-state index contributed by atoms with van der Waals surface area (Å²) < 4.78 is 27.7. The summed E-state index contributed by atoms with van der Waals surface area (Å²) in [7, 11) is -3.78. The van der Waals surface area contributed by atoms with Crippen LogP contribution in [0.15, 0.2) is 52.4 Å². The largest absolute Gasteiger partial charge is 0.393 e. The summed E-state index contributed by atoms with van der Waals surface area (Å²) in [4.78, 5) is 17.0. The van der Waals surface area contributed by atoms with E-state index in [-0.39, 0.29) is 23.6 Å². The van der Waals surface area contributed by atoms with Crippen LogP contribution in [0.25, 0.3) is 5.57 Å². The van der Waals surface area contributed by atoms with E-state index in [4.69, 9.17) is 0 Å². The molecule has 5 rings (SSSR count). The van der Waals surface area contributed by atoms with Gasteiger partial charge in [0.1, 0.15) is 5.60 Å². The van der Waals surface area contributed by atoms with Gasteiger partial charge in [0.05, 0.1) is 28.0 Å². The van der Waals surface area contributed by atoms with Gasteiger partial charge in [0.15, 0.2) is 0 Å². The topological polar surface area (TPSA) is 119 Å². The van der Waals surface area contributed by atoms with Crippen molar-refractivity contribution in [2.45, 2.75) is 42.4 Å². The molecule has 3 N–H and O–H groups in total. The van der Waals surface area contributed by atoms with E-state index in [9.17, 15) is 23.4 Å². The lowest BCUT2D eigenvalue weighted by Gasteiger charge is -2.28. The highest BCUT2D eigenvalue weighted by molar-refractivity contribution is 7.89. The summed E-state index contributed by atoms with van der Waals surface area (Å²) >= 11 is 0. The van der Waals surface area contributed by atoms with Crippen LogP contribution in [-0.2, 0) is 20.4 Å². The van der Waals surface area contributed by atoms with Gasteiger partial charge in [-0.15, -0.1) is 0 Å². The second kappa shape index (κ2) is 6.96. The maximum absolute atomic E-state index is 13.2. The van der Waals surface area contributed by atoms with Crippen LogP contribution in [0.1, 0.15) is 25.3 Å². The monoisotopic (exact) mass is 441 g/mol. The number of sulfonamides is 1. The van der Waals surface area contributed by atoms with Gasteiger partial charge in [0.2, 0.25) is 10.0 Å². The van der Waals surface area contributed by atoms with E-state index in [1.807, 2.05) is 18.2 Å². The molecule has 1 saturated heterocycles. The number of hydrogen-bond acceptors (Lipinski definition) is 6. The van der Waals surface area contributed by atoms with Gasteiger partial charge in [0, 0.05) is 29.6 Å². The molecular formula is C22H23N3O5S. The van der Waals surface area contributed by atoms with Crippen molar-refractivity contribution in [2.75, 3.05) is 18.4 Å². The van der Waals surface area contributed by atoms with E-state index in [0.717, 1.165) is 5.69 Å². The Labute approximate surface area is 179 Å². The zero-order valence-electron chi connectivity index (χ0n) is 16.9. The smallest absolute Gasteiger partial charge is 0.276 e. The number of amides is 1. The van der Waals surface area contributed by atoms with Gasteiger partial charge in [-0.05, 0) is 44.0 Å². The van der Waals surface area contributed by atoms with Crippen LogP contribution in [-0.4, -0.2) is 54.1 Å². The highest BCUT2D eigenvalue weighted by Gasteiger charge is 2.46. The number of fused-ring (bicyclic) bond motifs is 2. The van der Waals surface area contributed by atoms with Crippen molar-refractivity contribution in [3.63, 3.8) is 0 Å². The summed E-state index contributed by atoms with van der Waals surface area (Å²) in [5.41, 5.74) is 0.282. The Hall–Kier alpha value is -2.59. The minimum atomic E-state index is -3.78. The SMILES string of the molecule is C[C@]1(O)c2ccccc2NC1C1=c2cc(S(=O)(=O)N3CCC(O)CC3)ccc2=NC1=O. The highest BCUT2D eigenvalue weighted by Crippen LogP contribution is 2.42. The summed E-state index contributed by atoms with van der Waals surface area (Å²) in [6.45, 7) is 2.12. The summed E-state index contributed by atoms with van der Waals surface area (Å²) in [5, 5.41) is 24.9. The van der Waals surface area contributed by atoms with Crippen molar-refractivity contribution in [3.8, 4) is 0 Å². The van der Waals surface area contributed by atoms with Crippen LogP contribution < -0.4 is 15.9 Å². The molecule has 0 saturated carbocycles. The predicted octanol–water partition coefficient (Wildman–Crippen LogP) is -0.156. The molecule has 0 aromatic heterocycles. The molecule has 3 aliphatic heterocycles. The maximum atomic E-state index is 13.2. The Kier molecular flexibility index (Phi) is 4.56. The summed E-state index contributed by atoms with van der Waals surface area (Å²) in [6.07, 6.45) is 0.297. The van der Waals surface area contributed by atoms with Crippen molar-refractivity contribution >= 4 is 27.2 Å². The normalized spacial score (nSPS) is 26.4. The van der Waals surface area contributed by atoms with Crippen molar-refractivity contribution in [1.82, 2.24) is 4.31 Å². The first-order chi connectivity index (χ1) is 14.7. The van der Waals surface area contributed by atoms with Crippen LogP contribution in [0.2, 0.25) is 0 Å². The van der Waals surface area contributed by atoms with Gasteiger partial charge in [-0.2, -0.15) is 4.31 Å². The van der Waals surface area contributed by atoms with Gasteiger partial charge in [-0.25, -0.2) is 13.4 Å². The molecule has 162 valence electrons. The number of aliphatic hydroxyl groups is 2. The molecule has 2 aromatic carbocycles. The second-order valence-electron chi connectivity index (χ2n) is 8.42. The minimum absolute atomic E-state index is 0.0696. The van der Waals surface area contributed by atoms with Gasteiger partial charge >= 0.3 is 0 Å². The molecular weight excluding hydrogens is 418 g/mol. The molecule has 0 bridgehead atoms. The molecule has 2 aromatic rings. The zero-order valence-corrected chi connectivity index (χ0v) is 17.8. The van der Waals surface area contributed by atoms with Gasteiger partial charge in [0.25, 0.3) is 5.91 Å². The van der Waals surface area contributed by atoms with Crippen LogP contribution >= 0.6 is 0 Å². The Bertz CT molecular complexity index is 1310. The number of nitrogens with one attached hydrogen (secondary N) is 1. The molecule has 0 aliphatic carbocycles. The van der Waals surface area contributed by atoms with Gasteiger partial charge in [-0.3, -0.25) is 4.79 Å². The quantitative estimate of drug-likeness (QED) is 0.609. The van der Waals surface area contributed by atoms with Crippen molar-refractivity contribution in [3.05, 3.63) is 58.6 Å². The minimum Gasteiger partial charge on any atom is -0.393 e. The Morgan fingerprint density at radius 1 is 1.16 bits per heavy atom. The molecule has 0 radical (unpaired) electrons. The van der Waals surface area contributed by atoms with Gasteiger partial charge < -0.3 is 15.5 Å². The van der Waals surface area contributed by atoms with E-state index < -0.39 is 33.7 Å². The van der Waals surface area contributed by atoms with E-state index in [0.29, 0.717) is 29.0 Å². The Balaban J connectivity index is 1.61. The molecule has 9 heteroatoms. The Morgan fingerprint density at radius 2 is 1.87 bits per heavy atom. The van der Waals surface area contributed by atoms with Gasteiger partial charge in [-0.1, -0.05) is 18.2 Å². The highest BCUT2D eigenvalue weighted by atomic mass is 32.2. The number of benzene rings is 2. The lowest BCUT2D eigenvalue weighted by atomic mass is 9.86. The van der Waals surface area contributed by atoms with Crippen molar-refractivity contribution in [1.29, 1.82) is 0 Å². The van der Waals surface area contributed by atoms with Crippen LogP contribution in [0, 0.1) is 0 Å². The summed E-state index contributed by atoms with van der Waals surface area (Å²) in [5.74, 6) is -0.490. The number of anilines is 1. The first-order valence-electron chi connectivity index (χ1n) is 10.2. The van der Waals surface area contributed by atoms with E-state index >= 15 is 0 Å². The third-order valence-corrected chi connectivity index (χ3v) is 8.29. The molecule has 0 spiro atoms. The third-order valence-electron chi connectivity index (χ3n) is 6.39. The molecule has 31 heavy (non-hydrogen) atoms. The standard InChI is InChI=1S/C22H23N3O5S/c1-22(28)16-4-2-3-5-18(16)23-20(22)19-15-12-14(6-7-17(15)24-21(19)27)31(29,30)25-10-8-13(26)9-11-25/h2-7,12-13,20,23,26,28H,8-11H2,1H3/t20?,22-/m0/s1. The number of piperidine rings is 1. The van der Waals surface area contributed by atoms with Crippen LogP contribution in [0.5, 0.6) is 0 Å². The molecule has 1 unspecified atom stereocenters. The molecule has 8 nitrogen and oxygen atoms in total. The fourth-order valence-corrected chi connectivity index (χ4v) is 6.14. The predicted molar refractivity (Wildman–Crippen MR) is 113 cm³/mol. The van der Waals surface area contributed by atoms with E-state index in [1.165, 1.54) is 22.5 Å². The number of hydrogen-bond donors (Lipinski definition) is 3. The number of nitrogens with zero attached hydrogens (tertiary/aromatic N) is 2. The van der Waals surface area contributed by atoms with Crippen LogP contribution in [0.4, 0.5) is 5.69 Å². The number of para-hydroxylation sites is 1. The zero-order chi connectivity index (χ0) is 22.0. The fraction of sp³-hybridized carbons (Fsp3) is 0.364. The molecule has 1 amide bonds.